The Morgan fingerprint density at radius 1 is 1.13 bits per heavy atom. The van der Waals surface area contributed by atoms with Gasteiger partial charge in [-0.15, -0.1) is 0 Å². The molecule has 198 valence electrons. The molecule has 3 aromatic rings. The highest BCUT2D eigenvalue weighted by molar-refractivity contribution is 7.18. The average Bonchev–Trinajstić information content (AvgIpc) is 3.40. The molecule has 1 aliphatic rings. The maximum atomic E-state index is 13.4. The summed E-state index contributed by atoms with van der Waals surface area (Å²) in [5, 5.41) is 11.5. The van der Waals surface area contributed by atoms with E-state index in [4.69, 9.17) is 9.47 Å². The van der Waals surface area contributed by atoms with E-state index in [1.54, 1.807) is 55.5 Å². The Labute approximate surface area is 225 Å². The Bertz CT molecular complexity index is 1410. The van der Waals surface area contributed by atoms with Crippen LogP contribution < -0.4 is 14.4 Å². The smallest absolute Gasteiger partial charge is 0.301 e. The molecule has 0 radical (unpaired) electrons. The van der Waals surface area contributed by atoms with E-state index in [2.05, 4.69) is 18.8 Å². The van der Waals surface area contributed by atoms with E-state index in [-0.39, 0.29) is 22.2 Å². The minimum Gasteiger partial charge on any atom is -0.507 e. The van der Waals surface area contributed by atoms with Crippen molar-refractivity contribution in [1.29, 1.82) is 0 Å². The second-order valence-corrected chi connectivity index (χ2v) is 10.4. The number of ketones is 2. The summed E-state index contributed by atoms with van der Waals surface area (Å²) in [5.74, 6) is -0.536. The molecule has 1 atom stereocenters. The third-order valence-electron chi connectivity index (χ3n) is 6.26. The fourth-order valence-corrected chi connectivity index (χ4v) is 5.24. The number of methoxy groups -OCH3 is 1. The van der Waals surface area contributed by atoms with Crippen LogP contribution in [0.5, 0.6) is 11.5 Å². The normalized spacial score (nSPS) is 16.8. The molecule has 1 N–H and O–H groups in total. The molecule has 1 amide bonds. The van der Waals surface area contributed by atoms with Crippen LogP contribution in [-0.2, 0) is 9.59 Å². The predicted molar refractivity (Wildman–Crippen MR) is 146 cm³/mol. The molecule has 0 aliphatic carbocycles. The lowest BCUT2D eigenvalue weighted by atomic mass is 9.95. The lowest BCUT2D eigenvalue weighted by Gasteiger charge is -2.23. The summed E-state index contributed by atoms with van der Waals surface area (Å²) in [5.41, 5.74) is 1.33. The third kappa shape index (κ3) is 5.33. The largest absolute Gasteiger partial charge is 0.507 e. The van der Waals surface area contributed by atoms with Crippen molar-refractivity contribution < 1.29 is 29.0 Å². The molecule has 2 aromatic carbocycles. The second-order valence-electron chi connectivity index (χ2n) is 9.47. The van der Waals surface area contributed by atoms with Gasteiger partial charge in [0.1, 0.15) is 17.3 Å². The number of Topliss-reactive ketones (excluding diaryl/α,β-unsaturated/α-hetero) is 2. The first kappa shape index (κ1) is 27.1. The van der Waals surface area contributed by atoms with Gasteiger partial charge in [-0.2, -0.15) is 0 Å². The van der Waals surface area contributed by atoms with Gasteiger partial charge < -0.3 is 14.6 Å². The van der Waals surface area contributed by atoms with Crippen molar-refractivity contribution in [2.24, 2.45) is 5.92 Å². The zero-order valence-electron chi connectivity index (χ0n) is 22.0. The van der Waals surface area contributed by atoms with Gasteiger partial charge in [0.05, 0.1) is 35.9 Å². The Balaban J connectivity index is 1.86. The van der Waals surface area contributed by atoms with Crippen LogP contribution in [0, 0.1) is 12.8 Å². The molecule has 1 aromatic heterocycles. The van der Waals surface area contributed by atoms with Crippen molar-refractivity contribution in [2.45, 2.75) is 40.2 Å². The minimum absolute atomic E-state index is 0.0725. The SMILES string of the molecule is COc1ccc(C(O)=C2C(=O)C(=O)N(c3nc(C)c(C(C)=O)s3)C2c2cccc(OCCC(C)C)c2)cc1. The maximum Gasteiger partial charge on any atom is 0.301 e. The molecular formula is C29H30N2O6S. The Morgan fingerprint density at radius 3 is 2.45 bits per heavy atom. The number of aliphatic hydroxyl groups is 1. The van der Waals surface area contributed by atoms with Gasteiger partial charge in [0, 0.05) is 12.5 Å². The summed E-state index contributed by atoms with van der Waals surface area (Å²) in [4.78, 5) is 45.1. The number of ether oxygens (including phenoxy) is 2. The zero-order valence-corrected chi connectivity index (χ0v) is 22.8. The lowest BCUT2D eigenvalue weighted by Crippen LogP contribution is -2.29. The summed E-state index contributed by atoms with van der Waals surface area (Å²) in [6.07, 6.45) is 0.867. The molecule has 4 rings (SSSR count). The molecule has 0 spiro atoms. The summed E-state index contributed by atoms with van der Waals surface area (Å²) in [6.45, 7) is 7.84. The van der Waals surface area contributed by atoms with Gasteiger partial charge in [-0.3, -0.25) is 19.3 Å². The Kier molecular flexibility index (Phi) is 7.97. The molecular weight excluding hydrogens is 504 g/mol. The molecule has 1 fully saturated rings. The molecule has 1 unspecified atom stereocenters. The van der Waals surface area contributed by atoms with E-state index in [9.17, 15) is 19.5 Å². The summed E-state index contributed by atoms with van der Waals surface area (Å²) in [7, 11) is 1.53. The summed E-state index contributed by atoms with van der Waals surface area (Å²) < 4.78 is 11.1. The first-order valence-electron chi connectivity index (χ1n) is 12.3. The first-order valence-corrected chi connectivity index (χ1v) is 13.1. The summed E-state index contributed by atoms with van der Waals surface area (Å²) in [6, 6.07) is 12.7. The highest BCUT2D eigenvalue weighted by Gasteiger charge is 2.48. The van der Waals surface area contributed by atoms with E-state index < -0.39 is 17.7 Å². The number of thiazole rings is 1. The van der Waals surface area contributed by atoms with Crippen LogP contribution in [0.4, 0.5) is 5.13 Å². The van der Waals surface area contributed by atoms with Crippen LogP contribution in [-0.4, -0.2) is 41.3 Å². The Morgan fingerprint density at radius 2 is 1.84 bits per heavy atom. The van der Waals surface area contributed by atoms with E-state index in [1.165, 1.54) is 18.9 Å². The molecule has 1 aliphatic heterocycles. The monoisotopic (exact) mass is 534 g/mol. The van der Waals surface area contributed by atoms with Crippen LogP contribution in [0.25, 0.3) is 5.76 Å². The van der Waals surface area contributed by atoms with E-state index in [0.29, 0.717) is 45.7 Å². The van der Waals surface area contributed by atoms with Gasteiger partial charge in [0.25, 0.3) is 5.78 Å². The number of rotatable bonds is 9. The summed E-state index contributed by atoms with van der Waals surface area (Å²) >= 11 is 1.05. The highest BCUT2D eigenvalue weighted by atomic mass is 32.1. The zero-order chi connectivity index (χ0) is 27.6. The number of carbonyl (C=O) groups is 3. The number of nitrogens with zero attached hydrogens (tertiary/aromatic N) is 2. The lowest BCUT2D eigenvalue weighted by molar-refractivity contribution is -0.132. The second kappa shape index (κ2) is 11.2. The number of amides is 1. The third-order valence-corrected chi connectivity index (χ3v) is 7.51. The number of hydrogen-bond acceptors (Lipinski definition) is 8. The molecule has 0 saturated carbocycles. The quantitative estimate of drug-likeness (QED) is 0.162. The number of hydrogen-bond donors (Lipinski definition) is 1. The maximum absolute atomic E-state index is 13.4. The molecule has 8 nitrogen and oxygen atoms in total. The van der Waals surface area contributed by atoms with Crippen LogP contribution in [0.1, 0.15) is 59.7 Å². The Hall–Kier alpha value is -3.98. The number of aliphatic hydroxyl groups excluding tert-OH is 1. The van der Waals surface area contributed by atoms with Crippen molar-refractivity contribution in [1.82, 2.24) is 4.98 Å². The number of carbonyl (C=O) groups excluding carboxylic acids is 3. The van der Waals surface area contributed by atoms with E-state index >= 15 is 0 Å². The van der Waals surface area contributed by atoms with Gasteiger partial charge in [0.15, 0.2) is 10.9 Å². The molecule has 0 bridgehead atoms. The van der Waals surface area contributed by atoms with Gasteiger partial charge in [0.2, 0.25) is 0 Å². The van der Waals surface area contributed by atoms with Crippen LogP contribution >= 0.6 is 11.3 Å². The number of anilines is 1. The van der Waals surface area contributed by atoms with Gasteiger partial charge in [-0.1, -0.05) is 37.3 Å². The van der Waals surface area contributed by atoms with Crippen molar-refractivity contribution in [2.75, 3.05) is 18.6 Å². The van der Waals surface area contributed by atoms with E-state index in [1.807, 2.05) is 0 Å². The minimum atomic E-state index is -0.976. The number of benzene rings is 2. The molecule has 2 heterocycles. The molecule has 1 saturated heterocycles. The highest BCUT2D eigenvalue weighted by Crippen LogP contribution is 2.44. The van der Waals surface area contributed by atoms with Gasteiger partial charge in [-0.25, -0.2) is 4.98 Å². The van der Waals surface area contributed by atoms with Crippen molar-refractivity contribution in [3.8, 4) is 11.5 Å². The van der Waals surface area contributed by atoms with E-state index in [0.717, 1.165) is 17.8 Å². The van der Waals surface area contributed by atoms with Crippen molar-refractivity contribution >= 4 is 39.7 Å². The topological polar surface area (TPSA) is 106 Å². The first-order chi connectivity index (χ1) is 18.1. The van der Waals surface area contributed by atoms with Crippen molar-refractivity contribution in [3.05, 3.63) is 75.8 Å². The van der Waals surface area contributed by atoms with Crippen LogP contribution in [0.3, 0.4) is 0 Å². The average molecular weight is 535 g/mol. The number of aromatic nitrogens is 1. The van der Waals surface area contributed by atoms with Gasteiger partial charge in [-0.05, 0) is 61.2 Å². The fourth-order valence-electron chi connectivity index (χ4n) is 4.25. The van der Waals surface area contributed by atoms with Crippen molar-refractivity contribution in [3.63, 3.8) is 0 Å². The standard InChI is InChI=1S/C29H30N2O6S/c1-16(2)13-14-37-22-8-6-7-20(15-22)24-23(25(33)19-9-11-21(36-5)12-10-19)26(34)28(35)31(24)29-30-17(3)27(38-29)18(4)32/h6-12,15-16,24,33H,13-14H2,1-5H3. The molecule has 38 heavy (non-hydrogen) atoms. The number of aryl methyl sites for hydroxylation is 1. The van der Waals surface area contributed by atoms with Crippen LogP contribution in [0.2, 0.25) is 0 Å². The van der Waals surface area contributed by atoms with Gasteiger partial charge >= 0.3 is 5.91 Å². The fraction of sp³-hybridized carbons (Fsp3) is 0.310. The van der Waals surface area contributed by atoms with Crippen LogP contribution in [0.15, 0.2) is 54.1 Å². The predicted octanol–water partition coefficient (Wildman–Crippen LogP) is 5.71. The molecule has 9 heteroatoms.